The first-order valence-corrected chi connectivity index (χ1v) is 14.2. The van der Waals surface area contributed by atoms with Gasteiger partial charge in [-0.25, -0.2) is 0 Å². The van der Waals surface area contributed by atoms with E-state index in [4.69, 9.17) is 21.6 Å². The molecule has 0 spiro atoms. The molecular weight excluding hydrogens is 514 g/mol. The first-order chi connectivity index (χ1) is 18.6. The standard InChI is InChI=1S/C29H38ClN7O2/c1-28(2)26(29(3,4)27(28)39-21-6-5-19(18-31)22(30)17-21)33-25(38)23-7-8-24(35-34-23)37-13-9-20(10-14-37)36-15-11-32-12-16-36/h5-8,17,20,26-27,32H,9-16H2,1-4H3,(H,33,38). The third-order valence-corrected chi connectivity index (χ3v) is 9.08. The summed E-state index contributed by atoms with van der Waals surface area (Å²) in [6.45, 7) is 14.6. The van der Waals surface area contributed by atoms with Gasteiger partial charge < -0.3 is 20.3 Å². The van der Waals surface area contributed by atoms with Gasteiger partial charge in [-0.05, 0) is 37.1 Å². The Hall–Kier alpha value is -2.93. The number of halogens is 1. The first-order valence-electron chi connectivity index (χ1n) is 13.8. The Bertz CT molecular complexity index is 1210. The summed E-state index contributed by atoms with van der Waals surface area (Å²) in [4.78, 5) is 18.1. The predicted octanol–water partition coefficient (Wildman–Crippen LogP) is 3.49. The third kappa shape index (κ3) is 5.43. The van der Waals surface area contributed by atoms with Crippen molar-refractivity contribution >= 4 is 23.3 Å². The molecule has 2 aliphatic heterocycles. The molecule has 0 radical (unpaired) electrons. The number of aromatic nitrogens is 2. The van der Waals surface area contributed by atoms with Crippen molar-refractivity contribution in [2.24, 2.45) is 10.8 Å². The van der Waals surface area contributed by atoms with Crippen LogP contribution in [0.5, 0.6) is 5.75 Å². The smallest absolute Gasteiger partial charge is 0.272 e. The van der Waals surface area contributed by atoms with E-state index in [2.05, 4.69) is 64.4 Å². The zero-order valence-electron chi connectivity index (χ0n) is 23.2. The van der Waals surface area contributed by atoms with Gasteiger partial charge in [0.15, 0.2) is 11.5 Å². The molecule has 1 aromatic heterocycles. The Morgan fingerprint density at radius 3 is 2.36 bits per heavy atom. The molecule has 0 unspecified atom stereocenters. The number of nitriles is 1. The third-order valence-electron chi connectivity index (χ3n) is 8.77. The number of nitrogens with one attached hydrogen (secondary N) is 2. The maximum atomic E-state index is 13.2. The van der Waals surface area contributed by atoms with Crippen molar-refractivity contribution in [1.29, 1.82) is 5.26 Å². The Balaban J connectivity index is 1.18. The molecular formula is C29H38ClN7O2. The Morgan fingerprint density at radius 2 is 1.77 bits per heavy atom. The molecule has 5 rings (SSSR count). The summed E-state index contributed by atoms with van der Waals surface area (Å²) in [5.41, 5.74) is 0.0287. The highest BCUT2D eigenvalue weighted by molar-refractivity contribution is 6.31. The van der Waals surface area contributed by atoms with Crippen molar-refractivity contribution in [1.82, 2.24) is 25.7 Å². The van der Waals surface area contributed by atoms with Crippen LogP contribution in [-0.4, -0.2) is 78.5 Å². The summed E-state index contributed by atoms with van der Waals surface area (Å²) < 4.78 is 6.32. The van der Waals surface area contributed by atoms with Gasteiger partial charge in [0.1, 0.15) is 17.9 Å². The predicted molar refractivity (Wildman–Crippen MR) is 151 cm³/mol. The topological polar surface area (TPSA) is 106 Å². The van der Waals surface area contributed by atoms with E-state index in [0.717, 1.165) is 57.9 Å². The number of amides is 1. The number of piperidine rings is 1. The van der Waals surface area contributed by atoms with Gasteiger partial charge in [0.2, 0.25) is 0 Å². The highest BCUT2D eigenvalue weighted by Crippen LogP contribution is 2.55. The molecule has 2 saturated heterocycles. The van der Waals surface area contributed by atoms with Gasteiger partial charge in [0, 0.05) is 68.2 Å². The van der Waals surface area contributed by atoms with Crippen LogP contribution in [0.3, 0.4) is 0 Å². The molecule has 1 aliphatic carbocycles. The zero-order valence-corrected chi connectivity index (χ0v) is 24.0. The average Bonchev–Trinajstić information content (AvgIpc) is 2.95. The zero-order chi connectivity index (χ0) is 27.8. The van der Waals surface area contributed by atoms with E-state index in [0.29, 0.717) is 28.1 Å². The van der Waals surface area contributed by atoms with Crippen LogP contribution >= 0.6 is 11.6 Å². The van der Waals surface area contributed by atoms with Crippen molar-refractivity contribution in [3.63, 3.8) is 0 Å². The van der Waals surface area contributed by atoms with Crippen molar-refractivity contribution in [3.05, 3.63) is 46.6 Å². The van der Waals surface area contributed by atoms with Crippen LogP contribution in [0.15, 0.2) is 30.3 Å². The van der Waals surface area contributed by atoms with Gasteiger partial charge in [-0.2, -0.15) is 5.26 Å². The van der Waals surface area contributed by atoms with Crippen LogP contribution in [0, 0.1) is 22.2 Å². The fraction of sp³-hybridized carbons (Fsp3) is 0.586. The molecule has 3 heterocycles. The summed E-state index contributed by atoms with van der Waals surface area (Å²) in [5.74, 6) is 1.19. The fourth-order valence-electron chi connectivity index (χ4n) is 6.92. The minimum atomic E-state index is -0.346. The molecule has 2 aromatic rings. The number of ether oxygens (including phenoxy) is 1. The molecule has 10 heteroatoms. The Morgan fingerprint density at radius 1 is 1.08 bits per heavy atom. The number of carbonyl (C=O) groups excluding carboxylic acids is 1. The summed E-state index contributed by atoms with van der Waals surface area (Å²) >= 11 is 6.20. The number of anilines is 1. The number of hydrogen-bond donors (Lipinski definition) is 2. The minimum Gasteiger partial charge on any atom is -0.489 e. The van der Waals surface area contributed by atoms with E-state index in [1.807, 2.05) is 6.07 Å². The van der Waals surface area contributed by atoms with Gasteiger partial charge in [-0.15, -0.1) is 10.2 Å². The number of nitrogens with zero attached hydrogens (tertiary/aromatic N) is 5. The van der Waals surface area contributed by atoms with E-state index < -0.39 is 0 Å². The number of rotatable bonds is 6. The van der Waals surface area contributed by atoms with Crippen LogP contribution in [0.4, 0.5) is 5.82 Å². The van der Waals surface area contributed by atoms with Gasteiger partial charge in [-0.3, -0.25) is 9.69 Å². The van der Waals surface area contributed by atoms with E-state index in [1.54, 1.807) is 24.3 Å². The van der Waals surface area contributed by atoms with E-state index in [9.17, 15) is 4.79 Å². The molecule has 3 fully saturated rings. The Kier molecular flexibility index (Phi) is 7.73. The summed E-state index contributed by atoms with van der Waals surface area (Å²) in [6.07, 6.45) is 2.07. The van der Waals surface area contributed by atoms with Crippen LogP contribution in [0.2, 0.25) is 5.02 Å². The second-order valence-electron chi connectivity index (χ2n) is 12.1. The van der Waals surface area contributed by atoms with Gasteiger partial charge >= 0.3 is 0 Å². The number of piperazine rings is 1. The van der Waals surface area contributed by atoms with E-state index in [-0.39, 0.29) is 28.9 Å². The fourth-order valence-corrected chi connectivity index (χ4v) is 7.14. The van der Waals surface area contributed by atoms with Crippen molar-refractivity contribution in [2.45, 2.75) is 58.7 Å². The highest BCUT2D eigenvalue weighted by Gasteiger charge is 2.64. The normalized spacial score (nSPS) is 24.9. The molecule has 39 heavy (non-hydrogen) atoms. The quantitative estimate of drug-likeness (QED) is 0.562. The molecule has 1 aromatic carbocycles. The molecule has 208 valence electrons. The lowest BCUT2D eigenvalue weighted by atomic mass is 9.49. The minimum absolute atomic E-state index is 0.137. The molecule has 2 N–H and O–H groups in total. The van der Waals surface area contributed by atoms with Crippen LogP contribution < -0.4 is 20.3 Å². The van der Waals surface area contributed by atoms with Crippen LogP contribution in [0.25, 0.3) is 0 Å². The van der Waals surface area contributed by atoms with Crippen molar-refractivity contribution in [2.75, 3.05) is 44.2 Å². The van der Waals surface area contributed by atoms with E-state index in [1.165, 1.54) is 0 Å². The van der Waals surface area contributed by atoms with Crippen molar-refractivity contribution < 1.29 is 9.53 Å². The molecule has 9 nitrogen and oxygen atoms in total. The Labute approximate surface area is 235 Å². The first kappa shape index (κ1) is 27.6. The SMILES string of the molecule is CC1(C)C(NC(=O)c2ccc(N3CCC(N4CCNCC4)CC3)nn2)C(C)(C)C1Oc1ccc(C#N)c(Cl)c1. The molecule has 0 bridgehead atoms. The second kappa shape index (κ2) is 10.9. The maximum absolute atomic E-state index is 13.2. The number of hydrogen-bond acceptors (Lipinski definition) is 8. The second-order valence-corrected chi connectivity index (χ2v) is 12.5. The summed E-state index contributed by atoms with van der Waals surface area (Å²) in [7, 11) is 0. The van der Waals surface area contributed by atoms with Gasteiger partial charge in [0.25, 0.3) is 5.91 Å². The lowest BCUT2D eigenvalue weighted by Crippen LogP contribution is -2.74. The van der Waals surface area contributed by atoms with Gasteiger partial charge in [0.05, 0.1) is 10.6 Å². The number of benzene rings is 1. The largest absolute Gasteiger partial charge is 0.489 e. The van der Waals surface area contributed by atoms with E-state index >= 15 is 0 Å². The number of carbonyl (C=O) groups is 1. The lowest BCUT2D eigenvalue weighted by molar-refractivity contribution is -0.164. The summed E-state index contributed by atoms with van der Waals surface area (Å²) in [6, 6.07) is 11.3. The molecule has 1 saturated carbocycles. The van der Waals surface area contributed by atoms with Crippen LogP contribution in [-0.2, 0) is 0 Å². The highest BCUT2D eigenvalue weighted by atomic mass is 35.5. The lowest BCUT2D eigenvalue weighted by Gasteiger charge is -2.63. The summed E-state index contributed by atoms with van der Waals surface area (Å²) in [5, 5.41) is 24.8. The molecule has 0 atom stereocenters. The molecule has 1 amide bonds. The maximum Gasteiger partial charge on any atom is 0.272 e. The van der Waals surface area contributed by atoms with Gasteiger partial charge in [-0.1, -0.05) is 39.3 Å². The van der Waals surface area contributed by atoms with Crippen molar-refractivity contribution in [3.8, 4) is 11.8 Å². The average molecular weight is 552 g/mol. The molecule has 3 aliphatic rings. The monoisotopic (exact) mass is 551 g/mol. The van der Waals surface area contributed by atoms with Crippen LogP contribution in [0.1, 0.15) is 56.6 Å².